The van der Waals surface area contributed by atoms with Gasteiger partial charge < -0.3 is 0 Å². The van der Waals surface area contributed by atoms with E-state index in [1.165, 1.54) is 0 Å². The van der Waals surface area contributed by atoms with Gasteiger partial charge in [0.05, 0.1) is 5.54 Å². The molecule has 38 valence electrons. The highest BCUT2D eigenvalue weighted by atomic mass is 15.2. The summed E-state index contributed by atoms with van der Waals surface area (Å²) in [5, 5.41) is 7.56. The summed E-state index contributed by atoms with van der Waals surface area (Å²) in [6.45, 7) is 4.03. The smallest absolute Gasteiger partial charge is 0.0962 e. The predicted molar refractivity (Wildman–Crippen MR) is 28.1 cm³/mol. The van der Waals surface area contributed by atoms with Crippen LogP contribution < -0.4 is 0 Å². The van der Waals surface area contributed by atoms with E-state index in [4.69, 9.17) is 0 Å². The number of nitrogens with zero attached hydrogens (tertiary/aromatic N) is 2. The average Bonchev–Trinajstić information content (AvgIpc) is 1.84. The Morgan fingerprint density at radius 2 is 2.14 bits per heavy atom. The zero-order valence-electron chi connectivity index (χ0n) is 4.55. The van der Waals surface area contributed by atoms with Gasteiger partial charge in [-0.15, -0.1) is 0 Å². The van der Waals surface area contributed by atoms with Gasteiger partial charge in [0, 0.05) is 6.20 Å². The number of hydrogen-bond donors (Lipinski definition) is 0. The van der Waals surface area contributed by atoms with E-state index in [0.29, 0.717) is 0 Å². The van der Waals surface area contributed by atoms with Crippen molar-refractivity contribution >= 4 is 0 Å². The summed E-state index contributed by atoms with van der Waals surface area (Å²) in [4.78, 5) is 0. The van der Waals surface area contributed by atoms with Crippen LogP contribution >= 0.6 is 0 Å². The normalized spacial score (nSPS) is 23.7. The molecule has 1 aliphatic heterocycles. The molecule has 7 heavy (non-hydrogen) atoms. The van der Waals surface area contributed by atoms with E-state index >= 15 is 0 Å². The molecule has 0 fully saturated rings. The summed E-state index contributed by atoms with van der Waals surface area (Å²) in [6.07, 6.45) is 3.69. The van der Waals surface area contributed by atoms with Gasteiger partial charge in [-0.25, -0.2) is 0 Å². The van der Waals surface area contributed by atoms with Crippen molar-refractivity contribution in [3.8, 4) is 0 Å². The van der Waals surface area contributed by atoms with Crippen molar-refractivity contribution in [3.63, 3.8) is 0 Å². The van der Waals surface area contributed by atoms with E-state index in [-0.39, 0.29) is 5.54 Å². The minimum absolute atomic E-state index is 0.0278. The van der Waals surface area contributed by atoms with Crippen LogP contribution in [0, 0.1) is 0 Å². The summed E-state index contributed by atoms with van der Waals surface area (Å²) in [5.41, 5.74) is -0.0278. The highest BCUT2D eigenvalue weighted by Gasteiger charge is 2.13. The van der Waals surface area contributed by atoms with Gasteiger partial charge >= 0.3 is 0 Å². The molecular weight excluding hydrogens is 88.1 g/mol. The first-order valence-electron chi connectivity index (χ1n) is 2.30. The Labute approximate surface area is 43.0 Å². The lowest BCUT2D eigenvalue weighted by Crippen LogP contribution is -2.07. The Balaban J connectivity index is 2.77. The highest BCUT2D eigenvalue weighted by Crippen LogP contribution is 2.15. The monoisotopic (exact) mass is 96.1 g/mol. The van der Waals surface area contributed by atoms with Gasteiger partial charge in [0.2, 0.25) is 0 Å². The molecule has 0 amide bonds. The van der Waals surface area contributed by atoms with Crippen LogP contribution in [-0.2, 0) is 0 Å². The molecule has 2 heteroatoms. The third kappa shape index (κ3) is 0.856. The second kappa shape index (κ2) is 1.15. The van der Waals surface area contributed by atoms with Gasteiger partial charge in [-0.2, -0.15) is 10.2 Å². The Morgan fingerprint density at radius 1 is 1.43 bits per heavy atom. The molecular formula is C5H8N2. The third-order valence-electron chi connectivity index (χ3n) is 0.865. The fraction of sp³-hybridized carbons (Fsp3) is 0.600. The topological polar surface area (TPSA) is 24.7 Å². The molecule has 0 saturated heterocycles. The standard InChI is InChI=1S/C5H8N2/c1-5(2)3-4-6-7-5/h3-4H,1-2H3. The molecule has 0 aliphatic carbocycles. The first-order chi connectivity index (χ1) is 3.21. The molecule has 0 unspecified atom stereocenters. The van der Waals surface area contributed by atoms with E-state index in [0.717, 1.165) is 0 Å². The van der Waals surface area contributed by atoms with Crippen molar-refractivity contribution in [1.82, 2.24) is 0 Å². The number of azo groups is 1. The molecule has 0 radical (unpaired) electrons. The van der Waals surface area contributed by atoms with Gasteiger partial charge in [0.25, 0.3) is 0 Å². The summed E-state index contributed by atoms with van der Waals surface area (Å²) in [6, 6.07) is 0. The third-order valence-corrected chi connectivity index (χ3v) is 0.865. The largest absolute Gasteiger partial charge is 0.179 e. The van der Waals surface area contributed by atoms with Crippen molar-refractivity contribution in [2.24, 2.45) is 10.2 Å². The maximum atomic E-state index is 3.88. The van der Waals surface area contributed by atoms with Crippen LogP contribution in [-0.4, -0.2) is 5.54 Å². The van der Waals surface area contributed by atoms with Crippen LogP contribution in [0.15, 0.2) is 22.5 Å². The van der Waals surface area contributed by atoms with Gasteiger partial charge in [-0.1, -0.05) is 0 Å². The average molecular weight is 96.1 g/mol. The number of rotatable bonds is 0. The quantitative estimate of drug-likeness (QED) is 0.439. The molecule has 1 aliphatic rings. The van der Waals surface area contributed by atoms with Crippen molar-refractivity contribution in [1.29, 1.82) is 0 Å². The maximum Gasteiger partial charge on any atom is 0.0962 e. The molecule has 0 N–H and O–H groups in total. The first kappa shape index (κ1) is 4.50. The Morgan fingerprint density at radius 3 is 2.29 bits per heavy atom. The molecule has 0 saturated carbocycles. The van der Waals surface area contributed by atoms with Crippen LogP contribution in [0.25, 0.3) is 0 Å². The zero-order valence-corrected chi connectivity index (χ0v) is 4.55. The van der Waals surface area contributed by atoms with Crippen LogP contribution in [0.2, 0.25) is 0 Å². The van der Waals surface area contributed by atoms with Gasteiger partial charge in [0.1, 0.15) is 0 Å². The van der Waals surface area contributed by atoms with E-state index in [9.17, 15) is 0 Å². The summed E-state index contributed by atoms with van der Waals surface area (Å²) < 4.78 is 0. The van der Waals surface area contributed by atoms with Crippen molar-refractivity contribution in [3.05, 3.63) is 12.3 Å². The zero-order chi connectivity index (χ0) is 5.33. The molecule has 1 rings (SSSR count). The minimum atomic E-state index is -0.0278. The van der Waals surface area contributed by atoms with E-state index in [1.54, 1.807) is 6.20 Å². The van der Waals surface area contributed by atoms with Gasteiger partial charge in [-0.3, -0.25) is 0 Å². The molecule has 1 heterocycles. The van der Waals surface area contributed by atoms with E-state index in [1.807, 2.05) is 19.9 Å². The lowest BCUT2D eigenvalue weighted by molar-refractivity contribution is 0.644. The Hall–Kier alpha value is -0.660. The first-order valence-corrected chi connectivity index (χ1v) is 2.30. The fourth-order valence-corrected chi connectivity index (χ4v) is 0.431. The van der Waals surface area contributed by atoms with Crippen LogP contribution in [0.1, 0.15) is 13.8 Å². The van der Waals surface area contributed by atoms with Gasteiger partial charge in [0.15, 0.2) is 0 Å². The summed E-state index contributed by atoms with van der Waals surface area (Å²) >= 11 is 0. The molecule has 0 aromatic rings. The second-order valence-electron chi connectivity index (χ2n) is 2.18. The Bertz CT molecular complexity index is 108. The highest BCUT2D eigenvalue weighted by molar-refractivity contribution is 5.03. The lowest BCUT2D eigenvalue weighted by Gasteiger charge is -2.04. The number of hydrogen-bond acceptors (Lipinski definition) is 2. The predicted octanol–water partition coefficient (Wildman–Crippen LogP) is 1.74. The minimum Gasteiger partial charge on any atom is -0.179 e. The molecule has 0 aromatic carbocycles. The summed E-state index contributed by atoms with van der Waals surface area (Å²) in [7, 11) is 0. The summed E-state index contributed by atoms with van der Waals surface area (Å²) in [5.74, 6) is 0. The van der Waals surface area contributed by atoms with Crippen molar-refractivity contribution < 1.29 is 0 Å². The van der Waals surface area contributed by atoms with E-state index in [2.05, 4.69) is 10.2 Å². The molecule has 0 bridgehead atoms. The molecule has 0 spiro atoms. The van der Waals surface area contributed by atoms with Crippen LogP contribution in [0.4, 0.5) is 0 Å². The van der Waals surface area contributed by atoms with Gasteiger partial charge in [-0.05, 0) is 19.9 Å². The van der Waals surface area contributed by atoms with Crippen molar-refractivity contribution in [2.45, 2.75) is 19.4 Å². The second-order valence-corrected chi connectivity index (χ2v) is 2.18. The Kier molecular flexibility index (Phi) is 0.741. The molecule has 0 atom stereocenters. The fourth-order valence-electron chi connectivity index (χ4n) is 0.431. The molecule has 0 aromatic heterocycles. The van der Waals surface area contributed by atoms with Crippen molar-refractivity contribution in [2.75, 3.05) is 0 Å². The SMILES string of the molecule is CC1(C)C=CN=N1. The van der Waals surface area contributed by atoms with Crippen LogP contribution in [0.5, 0.6) is 0 Å². The van der Waals surface area contributed by atoms with Crippen LogP contribution in [0.3, 0.4) is 0 Å². The molecule has 2 nitrogen and oxygen atoms in total. The maximum absolute atomic E-state index is 3.88. The van der Waals surface area contributed by atoms with E-state index < -0.39 is 0 Å². The lowest BCUT2D eigenvalue weighted by atomic mass is 10.1.